The summed E-state index contributed by atoms with van der Waals surface area (Å²) in [6.45, 7) is 3.50. The Morgan fingerprint density at radius 3 is 2.67 bits per heavy atom. The van der Waals surface area contributed by atoms with Gasteiger partial charge in [-0.3, -0.25) is 4.79 Å². The highest BCUT2D eigenvalue weighted by atomic mass is 19.1. The molecule has 0 heterocycles. The van der Waals surface area contributed by atoms with Gasteiger partial charge in [-0.25, -0.2) is 4.39 Å². The molecule has 21 heavy (non-hydrogen) atoms. The topological polar surface area (TPSA) is 75.4 Å². The van der Waals surface area contributed by atoms with Gasteiger partial charge in [-0.2, -0.15) is 0 Å². The number of carbonyl (C=O) groups is 1. The summed E-state index contributed by atoms with van der Waals surface area (Å²) in [6, 6.07) is 9.27. The lowest BCUT2D eigenvalue weighted by Gasteiger charge is -2.18. The van der Waals surface area contributed by atoms with Crippen molar-refractivity contribution in [2.75, 3.05) is 5.32 Å². The molecule has 2 rings (SSSR count). The zero-order valence-electron chi connectivity index (χ0n) is 11.9. The first-order valence-corrected chi connectivity index (χ1v) is 6.54. The van der Waals surface area contributed by atoms with Gasteiger partial charge in [0.2, 0.25) is 5.91 Å². The van der Waals surface area contributed by atoms with Gasteiger partial charge < -0.3 is 16.2 Å². The molecule has 1 amide bonds. The van der Waals surface area contributed by atoms with E-state index in [2.05, 4.69) is 5.32 Å². The molecule has 0 saturated heterocycles. The van der Waals surface area contributed by atoms with Crippen LogP contribution in [-0.4, -0.2) is 11.0 Å². The van der Waals surface area contributed by atoms with Crippen molar-refractivity contribution in [2.45, 2.75) is 19.9 Å². The van der Waals surface area contributed by atoms with Crippen LogP contribution in [-0.2, 0) is 0 Å². The Hall–Kier alpha value is -2.56. The number of carbonyl (C=O) groups excluding carboxylic acids is 1. The minimum atomic E-state index is -0.679. The predicted octanol–water partition coefficient (Wildman–Crippen LogP) is 3.11. The standard InChI is InChI=1S/C16H17FN2O2/c1-9-14(17)7-12(16(18)21)8-15(9)19-10(2)11-4-3-5-13(20)6-11/h3-8,10,19-20H,1-2H3,(H2,18,21). The van der Waals surface area contributed by atoms with E-state index in [-0.39, 0.29) is 17.4 Å². The van der Waals surface area contributed by atoms with Crippen LogP contribution in [0.2, 0.25) is 0 Å². The molecule has 0 radical (unpaired) electrons. The molecule has 0 spiro atoms. The van der Waals surface area contributed by atoms with Crippen molar-refractivity contribution in [1.29, 1.82) is 0 Å². The molecule has 2 aromatic rings. The van der Waals surface area contributed by atoms with Crippen molar-refractivity contribution in [2.24, 2.45) is 5.73 Å². The molecule has 5 heteroatoms. The smallest absolute Gasteiger partial charge is 0.248 e. The molecule has 0 fully saturated rings. The molecule has 0 aliphatic heterocycles. The molecule has 0 bridgehead atoms. The number of halogens is 1. The van der Waals surface area contributed by atoms with E-state index in [1.807, 2.05) is 13.0 Å². The minimum Gasteiger partial charge on any atom is -0.508 e. The van der Waals surface area contributed by atoms with Crippen molar-refractivity contribution in [3.8, 4) is 5.75 Å². The zero-order chi connectivity index (χ0) is 15.6. The highest BCUT2D eigenvalue weighted by Crippen LogP contribution is 2.26. The molecule has 0 aromatic heterocycles. The lowest BCUT2D eigenvalue weighted by Crippen LogP contribution is -2.14. The van der Waals surface area contributed by atoms with Gasteiger partial charge in [0, 0.05) is 22.9 Å². The zero-order valence-corrected chi connectivity index (χ0v) is 11.9. The Morgan fingerprint density at radius 2 is 2.05 bits per heavy atom. The molecular weight excluding hydrogens is 271 g/mol. The van der Waals surface area contributed by atoms with E-state index in [0.29, 0.717) is 11.3 Å². The number of benzene rings is 2. The van der Waals surface area contributed by atoms with Crippen LogP contribution in [0.1, 0.15) is 34.5 Å². The molecule has 1 atom stereocenters. The maximum absolute atomic E-state index is 13.8. The fraction of sp³-hybridized carbons (Fsp3) is 0.188. The Labute approximate surface area is 122 Å². The van der Waals surface area contributed by atoms with Crippen molar-refractivity contribution in [3.05, 3.63) is 58.9 Å². The SMILES string of the molecule is Cc1c(F)cc(C(N)=O)cc1NC(C)c1cccc(O)c1. The number of rotatable bonds is 4. The van der Waals surface area contributed by atoms with Crippen LogP contribution in [0.25, 0.3) is 0 Å². The summed E-state index contributed by atoms with van der Waals surface area (Å²) in [7, 11) is 0. The summed E-state index contributed by atoms with van der Waals surface area (Å²) in [6.07, 6.45) is 0. The number of nitrogens with one attached hydrogen (secondary N) is 1. The first kappa shape index (κ1) is 14.8. The van der Waals surface area contributed by atoms with E-state index in [1.165, 1.54) is 6.07 Å². The summed E-state index contributed by atoms with van der Waals surface area (Å²) in [5, 5.41) is 12.6. The lowest BCUT2D eigenvalue weighted by atomic mass is 10.0. The molecule has 0 saturated carbocycles. The van der Waals surface area contributed by atoms with Crippen molar-refractivity contribution in [1.82, 2.24) is 0 Å². The third kappa shape index (κ3) is 3.31. The second kappa shape index (κ2) is 5.83. The number of anilines is 1. The van der Waals surface area contributed by atoms with E-state index in [9.17, 15) is 14.3 Å². The van der Waals surface area contributed by atoms with Crippen LogP contribution >= 0.6 is 0 Å². The Morgan fingerprint density at radius 1 is 1.33 bits per heavy atom. The molecule has 1 unspecified atom stereocenters. The number of aromatic hydroxyl groups is 1. The highest BCUT2D eigenvalue weighted by molar-refractivity contribution is 5.94. The maximum atomic E-state index is 13.8. The number of amides is 1. The summed E-state index contributed by atoms with van der Waals surface area (Å²) in [4.78, 5) is 11.2. The molecule has 110 valence electrons. The van der Waals surface area contributed by atoms with Gasteiger partial charge in [0.05, 0.1) is 0 Å². The molecule has 4 N–H and O–H groups in total. The number of hydrogen-bond acceptors (Lipinski definition) is 3. The number of nitrogens with two attached hydrogens (primary N) is 1. The van der Waals surface area contributed by atoms with Gasteiger partial charge in [-0.05, 0) is 43.7 Å². The van der Waals surface area contributed by atoms with Crippen molar-refractivity contribution >= 4 is 11.6 Å². The number of phenolic OH excluding ortho intramolecular Hbond substituents is 1. The largest absolute Gasteiger partial charge is 0.508 e. The minimum absolute atomic E-state index is 0.115. The van der Waals surface area contributed by atoms with Crippen LogP contribution in [0.15, 0.2) is 36.4 Å². The predicted molar refractivity (Wildman–Crippen MR) is 79.8 cm³/mol. The van der Waals surface area contributed by atoms with Gasteiger partial charge in [-0.15, -0.1) is 0 Å². The second-order valence-electron chi connectivity index (χ2n) is 4.96. The number of hydrogen-bond donors (Lipinski definition) is 3. The van der Waals surface area contributed by atoms with E-state index >= 15 is 0 Å². The molecule has 0 aliphatic carbocycles. The van der Waals surface area contributed by atoms with Crippen molar-refractivity contribution < 1.29 is 14.3 Å². The average Bonchev–Trinajstić information content (AvgIpc) is 2.43. The highest BCUT2D eigenvalue weighted by Gasteiger charge is 2.13. The fourth-order valence-electron chi connectivity index (χ4n) is 2.08. The summed E-state index contributed by atoms with van der Waals surface area (Å²) in [5.41, 5.74) is 7.07. The Bertz CT molecular complexity index is 686. The van der Waals surface area contributed by atoms with Crippen LogP contribution < -0.4 is 11.1 Å². The van der Waals surface area contributed by atoms with Crippen LogP contribution in [0.3, 0.4) is 0 Å². The first-order chi connectivity index (χ1) is 9.88. The third-order valence-electron chi connectivity index (χ3n) is 3.37. The van der Waals surface area contributed by atoms with Crippen LogP contribution in [0.5, 0.6) is 5.75 Å². The molecular formula is C16H17FN2O2. The van der Waals surface area contributed by atoms with Gasteiger partial charge >= 0.3 is 0 Å². The number of primary amides is 1. The van der Waals surface area contributed by atoms with Gasteiger partial charge in [0.15, 0.2) is 0 Å². The second-order valence-corrected chi connectivity index (χ2v) is 4.96. The normalized spacial score (nSPS) is 12.0. The third-order valence-corrected chi connectivity index (χ3v) is 3.37. The maximum Gasteiger partial charge on any atom is 0.248 e. The van der Waals surface area contributed by atoms with E-state index in [0.717, 1.165) is 11.6 Å². The van der Waals surface area contributed by atoms with E-state index in [1.54, 1.807) is 25.1 Å². The molecule has 2 aromatic carbocycles. The number of phenols is 1. The van der Waals surface area contributed by atoms with Crippen molar-refractivity contribution in [3.63, 3.8) is 0 Å². The van der Waals surface area contributed by atoms with E-state index in [4.69, 9.17) is 5.73 Å². The lowest BCUT2D eigenvalue weighted by molar-refractivity contribution is 0.1000. The summed E-state index contributed by atoms with van der Waals surface area (Å²) in [5.74, 6) is -1.01. The fourth-order valence-corrected chi connectivity index (χ4v) is 2.08. The first-order valence-electron chi connectivity index (χ1n) is 6.54. The molecule has 4 nitrogen and oxygen atoms in total. The van der Waals surface area contributed by atoms with Gasteiger partial charge in [0.1, 0.15) is 11.6 Å². The van der Waals surface area contributed by atoms with E-state index < -0.39 is 11.7 Å². The average molecular weight is 288 g/mol. The van der Waals surface area contributed by atoms with Crippen LogP contribution in [0, 0.1) is 12.7 Å². The summed E-state index contributed by atoms with van der Waals surface area (Å²) >= 11 is 0. The van der Waals surface area contributed by atoms with Gasteiger partial charge in [-0.1, -0.05) is 12.1 Å². The summed E-state index contributed by atoms with van der Waals surface area (Å²) < 4.78 is 13.8. The van der Waals surface area contributed by atoms with Crippen LogP contribution in [0.4, 0.5) is 10.1 Å². The molecule has 0 aliphatic rings. The Kier molecular flexibility index (Phi) is 4.12. The van der Waals surface area contributed by atoms with Gasteiger partial charge in [0.25, 0.3) is 0 Å². The monoisotopic (exact) mass is 288 g/mol. The quantitative estimate of drug-likeness (QED) is 0.809. The Balaban J connectivity index is 2.32.